The number of hydrogen-bond donors (Lipinski definition) is 2. The molecule has 2 atom stereocenters. The Morgan fingerprint density at radius 3 is 3.17 bits per heavy atom. The maximum Gasteiger partial charge on any atom is 0.191 e. The number of nitrogens with zero attached hydrogens (tertiary/aromatic N) is 4. The minimum absolute atomic E-state index is 0.175. The van der Waals surface area contributed by atoms with E-state index in [9.17, 15) is 0 Å². The van der Waals surface area contributed by atoms with Crippen molar-refractivity contribution in [1.29, 1.82) is 0 Å². The van der Waals surface area contributed by atoms with Gasteiger partial charge in [-0.2, -0.15) is 16.4 Å². The first kappa shape index (κ1) is 17.0. The van der Waals surface area contributed by atoms with Crippen molar-refractivity contribution >= 4 is 17.3 Å². The van der Waals surface area contributed by atoms with Crippen LogP contribution in [0.4, 0.5) is 0 Å². The van der Waals surface area contributed by atoms with Gasteiger partial charge in [-0.1, -0.05) is 6.92 Å². The fourth-order valence-corrected chi connectivity index (χ4v) is 3.76. The Balaban J connectivity index is 1.69. The third-order valence-electron chi connectivity index (χ3n) is 4.27. The van der Waals surface area contributed by atoms with Crippen molar-refractivity contribution in [3.8, 4) is 0 Å². The van der Waals surface area contributed by atoms with Crippen molar-refractivity contribution in [3.05, 3.63) is 34.0 Å². The fourth-order valence-electron chi connectivity index (χ4n) is 2.98. The van der Waals surface area contributed by atoms with E-state index in [1.54, 1.807) is 11.3 Å². The average molecular weight is 347 g/mol. The van der Waals surface area contributed by atoms with Crippen LogP contribution in [0.1, 0.15) is 55.9 Å². The molecule has 1 aliphatic heterocycles. The second kappa shape index (κ2) is 7.79. The Hall–Kier alpha value is -1.89. The highest BCUT2D eigenvalue weighted by Crippen LogP contribution is 2.23. The van der Waals surface area contributed by atoms with Gasteiger partial charge in [0.2, 0.25) is 0 Å². The number of rotatable bonds is 5. The molecule has 2 aromatic heterocycles. The Labute approximate surface area is 147 Å². The summed E-state index contributed by atoms with van der Waals surface area (Å²) in [6.45, 7) is 8.83. The topological polar surface area (TPSA) is 67.1 Å². The van der Waals surface area contributed by atoms with Gasteiger partial charge >= 0.3 is 0 Å². The van der Waals surface area contributed by atoms with Crippen molar-refractivity contribution < 1.29 is 0 Å². The van der Waals surface area contributed by atoms with Gasteiger partial charge in [-0.25, -0.2) is 9.67 Å². The van der Waals surface area contributed by atoms with Crippen LogP contribution >= 0.6 is 11.3 Å². The second-order valence-electron chi connectivity index (χ2n) is 6.26. The number of fused-ring (bicyclic) bond motifs is 1. The maximum absolute atomic E-state index is 4.78. The predicted molar refractivity (Wildman–Crippen MR) is 98.6 cm³/mol. The van der Waals surface area contributed by atoms with Gasteiger partial charge in [-0.3, -0.25) is 4.99 Å². The SMILES string of the molecule is CCNC(=NCC(C)c1ccsc1)NC1CCCn2nc(C)nc21. The molecule has 0 radical (unpaired) electrons. The fraction of sp³-hybridized carbons (Fsp3) is 0.588. The van der Waals surface area contributed by atoms with Crippen molar-refractivity contribution in [3.63, 3.8) is 0 Å². The second-order valence-corrected chi connectivity index (χ2v) is 7.04. The lowest BCUT2D eigenvalue weighted by Crippen LogP contribution is -2.41. The normalized spacial score (nSPS) is 19.0. The number of guanidine groups is 1. The van der Waals surface area contributed by atoms with E-state index in [0.29, 0.717) is 5.92 Å². The van der Waals surface area contributed by atoms with Crippen LogP contribution in [-0.2, 0) is 6.54 Å². The van der Waals surface area contributed by atoms with Crippen molar-refractivity contribution in [2.24, 2.45) is 4.99 Å². The molecular formula is C17H26N6S. The summed E-state index contributed by atoms with van der Waals surface area (Å²) in [5.41, 5.74) is 1.35. The zero-order chi connectivity index (χ0) is 16.9. The zero-order valence-corrected chi connectivity index (χ0v) is 15.4. The van der Waals surface area contributed by atoms with Gasteiger partial charge in [-0.05, 0) is 49.1 Å². The van der Waals surface area contributed by atoms with E-state index < -0.39 is 0 Å². The molecule has 0 fully saturated rings. The number of aryl methyl sites for hydroxylation is 2. The molecule has 24 heavy (non-hydrogen) atoms. The van der Waals surface area contributed by atoms with E-state index in [4.69, 9.17) is 4.99 Å². The van der Waals surface area contributed by atoms with Gasteiger partial charge in [0.15, 0.2) is 5.96 Å². The zero-order valence-electron chi connectivity index (χ0n) is 14.6. The molecule has 0 saturated heterocycles. The Bertz CT molecular complexity index is 675. The van der Waals surface area contributed by atoms with E-state index in [2.05, 4.69) is 51.4 Å². The summed E-state index contributed by atoms with van der Waals surface area (Å²) in [6, 6.07) is 2.35. The number of aliphatic imine (C=N–C) groups is 1. The van der Waals surface area contributed by atoms with Gasteiger partial charge in [0.25, 0.3) is 0 Å². The van der Waals surface area contributed by atoms with E-state index >= 15 is 0 Å². The summed E-state index contributed by atoms with van der Waals surface area (Å²) < 4.78 is 2.02. The molecule has 6 nitrogen and oxygen atoms in total. The van der Waals surface area contributed by atoms with E-state index in [1.807, 2.05) is 11.6 Å². The summed E-state index contributed by atoms with van der Waals surface area (Å²) in [5, 5.41) is 15.7. The number of aromatic nitrogens is 3. The Morgan fingerprint density at radius 2 is 2.42 bits per heavy atom. The van der Waals surface area contributed by atoms with Gasteiger partial charge in [0.05, 0.1) is 6.04 Å². The molecule has 2 unspecified atom stereocenters. The highest BCUT2D eigenvalue weighted by atomic mass is 32.1. The first-order valence-corrected chi connectivity index (χ1v) is 9.60. The van der Waals surface area contributed by atoms with Crippen LogP contribution in [0.15, 0.2) is 21.8 Å². The molecule has 7 heteroatoms. The highest BCUT2D eigenvalue weighted by molar-refractivity contribution is 7.07. The molecule has 0 saturated carbocycles. The third-order valence-corrected chi connectivity index (χ3v) is 4.97. The van der Waals surface area contributed by atoms with Gasteiger partial charge in [0.1, 0.15) is 11.6 Å². The van der Waals surface area contributed by atoms with E-state index in [0.717, 1.165) is 50.1 Å². The summed E-state index contributed by atoms with van der Waals surface area (Å²) in [6.07, 6.45) is 2.17. The lowest BCUT2D eigenvalue weighted by Gasteiger charge is -2.25. The third kappa shape index (κ3) is 3.95. The Morgan fingerprint density at radius 1 is 1.54 bits per heavy atom. The van der Waals surface area contributed by atoms with Gasteiger partial charge < -0.3 is 10.6 Å². The minimum Gasteiger partial charge on any atom is -0.357 e. The molecule has 130 valence electrons. The van der Waals surface area contributed by atoms with Gasteiger partial charge in [-0.15, -0.1) is 0 Å². The van der Waals surface area contributed by atoms with Crippen molar-refractivity contribution in [2.75, 3.05) is 13.1 Å². The quantitative estimate of drug-likeness (QED) is 0.645. The molecular weight excluding hydrogens is 320 g/mol. The average Bonchev–Trinajstić information content (AvgIpc) is 3.21. The lowest BCUT2D eigenvalue weighted by molar-refractivity contribution is 0.397. The largest absolute Gasteiger partial charge is 0.357 e. The van der Waals surface area contributed by atoms with Crippen molar-refractivity contribution in [2.45, 2.75) is 52.1 Å². The molecule has 0 spiro atoms. The minimum atomic E-state index is 0.175. The monoisotopic (exact) mass is 346 g/mol. The first-order valence-electron chi connectivity index (χ1n) is 8.65. The molecule has 1 aliphatic rings. The number of hydrogen-bond acceptors (Lipinski definition) is 4. The molecule has 0 aromatic carbocycles. The maximum atomic E-state index is 4.78. The molecule has 0 amide bonds. The standard InChI is InChI=1S/C17H26N6S/c1-4-18-17(19-10-12(2)14-7-9-24-11-14)21-15-6-5-8-23-16(15)20-13(3)22-23/h7,9,11-12,15H,4-6,8,10H2,1-3H3,(H2,18,19,21). The van der Waals surface area contributed by atoms with Crippen LogP contribution in [0.2, 0.25) is 0 Å². The van der Waals surface area contributed by atoms with Crippen LogP contribution in [-0.4, -0.2) is 33.8 Å². The number of thiophene rings is 1. The molecule has 3 heterocycles. The molecule has 2 aromatic rings. The van der Waals surface area contributed by atoms with Crippen LogP contribution in [0.5, 0.6) is 0 Å². The summed E-state index contributed by atoms with van der Waals surface area (Å²) in [4.78, 5) is 9.37. The van der Waals surface area contributed by atoms with Gasteiger partial charge in [0, 0.05) is 25.6 Å². The van der Waals surface area contributed by atoms with Crippen LogP contribution < -0.4 is 10.6 Å². The number of nitrogens with one attached hydrogen (secondary N) is 2. The van der Waals surface area contributed by atoms with Crippen LogP contribution in [0.3, 0.4) is 0 Å². The lowest BCUT2D eigenvalue weighted by atomic mass is 10.1. The Kier molecular flexibility index (Phi) is 5.50. The summed E-state index contributed by atoms with van der Waals surface area (Å²) in [7, 11) is 0. The van der Waals surface area contributed by atoms with Crippen molar-refractivity contribution in [1.82, 2.24) is 25.4 Å². The van der Waals surface area contributed by atoms with Crippen LogP contribution in [0, 0.1) is 6.92 Å². The van der Waals surface area contributed by atoms with E-state index in [-0.39, 0.29) is 6.04 Å². The van der Waals surface area contributed by atoms with Crippen LogP contribution in [0.25, 0.3) is 0 Å². The smallest absolute Gasteiger partial charge is 0.191 e. The molecule has 0 aliphatic carbocycles. The summed E-state index contributed by atoms with van der Waals surface area (Å²) in [5.74, 6) is 3.14. The highest BCUT2D eigenvalue weighted by Gasteiger charge is 2.24. The van der Waals surface area contributed by atoms with E-state index in [1.165, 1.54) is 5.56 Å². The molecule has 3 rings (SSSR count). The first-order chi connectivity index (χ1) is 11.7. The molecule has 2 N–H and O–H groups in total. The summed E-state index contributed by atoms with van der Waals surface area (Å²) >= 11 is 1.74. The molecule has 0 bridgehead atoms. The predicted octanol–water partition coefficient (Wildman–Crippen LogP) is 2.84.